The number of rotatable bonds is 4. The number of hydrogen-bond donors (Lipinski definition) is 5. The average molecular weight is 560 g/mol. The molecule has 0 radical (unpaired) electrons. The van der Waals surface area contributed by atoms with Crippen LogP contribution in [0.3, 0.4) is 0 Å². The number of aromatic nitrogens is 1. The Kier molecular flexibility index (Phi) is 9.18. The number of pyridine rings is 1. The van der Waals surface area contributed by atoms with Crippen LogP contribution in [0, 0.1) is 5.92 Å². The highest BCUT2D eigenvalue weighted by atomic mass is 16.5. The van der Waals surface area contributed by atoms with E-state index < -0.39 is 41.8 Å². The van der Waals surface area contributed by atoms with Gasteiger partial charge >= 0.3 is 0 Å². The maximum atomic E-state index is 13.2. The van der Waals surface area contributed by atoms with Gasteiger partial charge in [-0.3, -0.25) is 24.2 Å². The zero-order valence-electron chi connectivity index (χ0n) is 23.0. The van der Waals surface area contributed by atoms with Crippen LogP contribution in [0.2, 0.25) is 0 Å². The summed E-state index contributed by atoms with van der Waals surface area (Å²) in [5.74, 6) is -2.09. The minimum atomic E-state index is -1.01. The summed E-state index contributed by atoms with van der Waals surface area (Å²) in [5, 5.41) is 21.2. The van der Waals surface area contributed by atoms with Crippen LogP contribution in [0.1, 0.15) is 42.3 Å². The second-order valence-corrected chi connectivity index (χ2v) is 10.2. The van der Waals surface area contributed by atoms with Crippen LogP contribution in [0.25, 0.3) is 0 Å². The van der Waals surface area contributed by atoms with Gasteiger partial charge in [-0.1, -0.05) is 32.0 Å². The Morgan fingerprint density at radius 2 is 1.76 bits per heavy atom. The van der Waals surface area contributed by atoms with Crippen LogP contribution in [0.4, 0.5) is 0 Å². The van der Waals surface area contributed by atoms with Crippen molar-refractivity contribution in [1.29, 1.82) is 0 Å². The molecule has 0 saturated carbocycles. The number of phenols is 1. The van der Waals surface area contributed by atoms with E-state index in [0.29, 0.717) is 11.5 Å². The highest BCUT2D eigenvalue weighted by Gasteiger charge is 2.30. The number of nitrogens with one attached hydrogen (secondary N) is 4. The Morgan fingerprint density at radius 3 is 2.44 bits per heavy atom. The van der Waals surface area contributed by atoms with E-state index in [1.807, 2.05) is 6.07 Å². The first-order valence-electron chi connectivity index (χ1n) is 13.3. The zero-order chi connectivity index (χ0) is 29.5. The van der Waals surface area contributed by atoms with Gasteiger partial charge < -0.3 is 31.1 Å². The molecule has 4 amide bonds. The molecule has 0 aliphatic carbocycles. The third-order valence-corrected chi connectivity index (χ3v) is 6.62. The van der Waals surface area contributed by atoms with Gasteiger partial charge in [0.15, 0.2) is 0 Å². The molecule has 11 nitrogen and oxygen atoms in total. The standard InChI is InChI=1S/C30H33N5O6/c1-17(2)26-30(40)33-18(3)27(37)34-24(29(39)32-16-20-5-4-12-31-15-20)13-19-6-8-21(9-7-19)41-22-10-11-25(36)23(14-22)28(38)35-26/h4-12,14-15,17-18,24,26,36H,13,16H2,1-3H3,(H,32,39)(H,33,40)(H,34,37)(H,35,38)/t18-,24+,26-/m0/s1. The van der Waals surface area contributed by atoms with Crippen LogP contribution >= 0.6 is 0 Å². The van der Waals surface area contributed by atoms with Crippen molar-refractivity contribution >= 4 is 23.6 Å². The first-order valence-corrected chi connectivity index (χ1v) is 13.3. The van der Waals surface area contributed by atoms with Crippen molar-refractivity contribution in [2.75, 3.05) is 0 Å². The molecule has 0 saturated heterocycles. The number of amides is 4. The molecule has 1 aromatic heterocycles. The fourth-order valence-corrected chi connectivity index (χ4v) is 4.27. The Hall–Kier alpha value is -4.93. The minimum Gasteiger partial charge on any atom is -0.507 e. The number of phenolic OH excluding ortho intramolecular Hbond substituents is 1. The molecule has 2 aromatic carbocycles. The van der Waals surface area contributed by atoms with Crippen molar-refractivity contribution in [3.8, 4) is 17.2 Å². The number of carbonyl (C=O) groups excluding carboxylic acids is 4. The van der Waals surface area contributed by atoms with E-state index in [1.54, 1.807) is 56.6 Å². The number of nitrogens with zero attached hydrogens (tertiary/aromatic N) is 1. The van der Waals surface area contributed by atoms with Crippen LogP contribution < -0.4 is 26.0 Å². The average Bonchev–Trinajstić information content (AvgIpc) is 2.95. The summed E-state index contributed by atoms with van der Waals surface area (Å²) in [7, 11) is 0. The van der Waals surface area contributed by atoms with Gasteiger partial charge in [-0.05, 0) is 60.4 Å². The molecule has 0 fully saturated rings. The topological polar surface area (TPSA) is 159 Å². The van der Waals surface area contributed by atoms with Gasteiger partial charge in [-0.25, -0.2) is 0 Å². The monoisotopic (exact) mass is 559 g/mol. The lowest BCUT2D eigenvalue weighted by Crippen LogP contribution is -2.57. The van der Waals surface area contributed by atoms with Gasteiger partial charge in [-0.2, -0.15) is 0 Å². The van der Waals surface area contributed by atoms with Gasteiger partial charge in [0, 0.05) is 25.4 Å². The van der Waals surface area contributed by atoms with E-state index in [0.717, 1.165) is 11.1 Å². The summed E-state index contributed by atoms with van der Waals surface area (Å²) >= 11 is 0. The number of hydrogen-bond acceptors (Lipinski definition) is 7. The zero-order valence-corrected chi connectivity index (χ0v) is 23.0. The minimum absolute atomic E-state index is 0.0652. The van der Waals surface area contributed by atoms with E-state index in [-0.39, 0.29) is 30.2 Å². The molecule has 3 atom stereocenters. The predicted octanol–water partition coefficient (Wildman–Crippen LogP) is 2.20. The third kappa shape index (κ3) is 7.59. The second kappa shape index (κ2) is 12.9. The van der Waals surface area contributed by atoms with Crippen LogP contribution in [0.5, 0.6) is 17.2 Å². The second-order valence-electron chi connectivity index (χ2n) is 10.2. The Morgan fingerprint density at radius 1 is 1.02 bits per heavy atom. The Labute approximate surface area is 237 Å². The van der Waals surface area contributed by atoms with Gasteiger partial charge in [-0.15, -0.1) is 0 Å². The Balaban J connectivity index is 1.64. The molecule has 41 heavy (non-hydrogen) atoms. The molecule has 2 aliphatic rings. The third-order valence-electron chi connectivity index (χ3n) is 6.62. The number of aromatic hydroxyl groups is 1. The van der Waals surface area contributed by atoms with Gasteiger partial charge in [0.2, 0.25) is 17.7 Å². The molecule has 3 aromatic rings. The van der Waals surface area contributed by atoms with E-state index in [4.69, 9.17) is 4.74 Å². The summed E-state index contributed by atoms with van der Waals surface area (Å²) in [6.07, 6.45) is 3.45. The SMILES string of the molecule is CC(C)[C@@H]1NC(=O)c2cc(ccc2O)Oc2ccc(cc2)C[C@H](C(=O)NCc2cccnc2)NC(=O)[C@H](C)NC1=O. The maximum Gasteiger partial charge on any atom is 0.255 e. The fourth-order valence-electron chi connectivity index (χ4n) is 4.27. The quantitative estimate of drug-likeness (QED) is 0.307. The van der Waals surface area contributed by atoms with Crippen LogP contribution in [0.15, 0.2) is 67.0 Å². The van der Waals surface area contributed by atoms with Crippen molar-refractivity contribution in [3.05, 3.63) is 83.7 Å². The Bertz CT molecular complexity index is 1410. The molecule has 0 unspecified atom stereocenters. The number of carbonyl (C=O) groups is 4. The lowest BCUT2D eigenvalue weighted by atomic mass is 10.0. The summed E-state index contributed by atoms with van der Waals surface area (Å²) in [5.41, 5.74) is 1.49. The highest BCUT2D eigenvalue weighted by Crippen LogP contribution is 2.28. The molecule has 214 valence electrons. The van der Waals surface area contributed by atoms with Gasteiger partial charge in [0.1, 0.15) is 35.4 Å². The van der Waals surface area contributed by atoms with Gasteiger partial charge in [0.25, 0.3) is 5.91 Å². The van der Waals surface area contributed by atoms with E-state index in [2.05, 4.69) is 26.3 Å². The molecule has 5 rings (SSSR count). The molecular weight excluding hydrogens is 526 g/mol. The summed E-state index contributed by atoms with van der Waals surface area (Å²) in [6, 6.07) is 11.8. The smallest absolute Gasteiger partial charge is 0.255 e. The van der Waals surface area contributed by atoms with E-state index in [1.165, 1.54) is 25.1 Å². The number of benzene rings is 2. The lowest BCUT2D eigenvalue weighted by molar-refractivity contribution is -0.132. The summed E-state index contributed by atoms with van der Waals surface area (Å²) < 4.78 is 5.88. The highest BCUT2D eigenvalue weighted by molar-refractivity contribution is 6.00. The predicted molar refractivity (Wildman–Crippen MR) is 150 cm³/mol. The van der Waals surface area contributed by atoms with Crippen LogP contribution in [-0.4, -0.2) is 51.8 Å². The van der Waals surface area contributed by atoms with Crippen molar-refractivity contribution in [3.63, 3.8) is 0 Å². The fraction of sp³-hybridized carbons (Fsp3) is 0.300. The van der Waals surface area contributed by atoms with Crippen LogP contribution in [-0.2, 0) is 27.3 Å². The molecule has 11 heteroatoms. The van der Waals surface area contributed by atoms with Crippen molar-refractivity contribution < 1.29 is 29.0 Å². The molecule has 0 spiro atoms. The van der Waals surface area contributed by atoms with Crippen molar-refractivity contribution in [2.45, 2.75) is 51.9 Å². The molecule has 2 aliphatic heterocycles. The molecular formula is C30H33N5O6. The largest absolute Gasteiger partial charge is 0.507 e. The molecule has 3 heterocycles. The summed E-state index contributed by atoms with van der Waals surface area (Å²) in [4.78, 5) is 56.6. The number of ether oxygens (including phenoxy) is 1. The molecule has 5 N–H and O–H groups in total. The van der Waals surface area contributed by atoms with E-state index >= 15 is 0 Å². The number of fused-ring (bicyclic) bond motifs is 11. The van der Waals surface area contributed by atoms with Crippen molar-refractivity contribution in [2.24, 2.45) is 5.92 Å². The van der Waals surface area contributed by atoms with Crippen molar-refractivity contribution in [1.82, 2.24) is 26.3 Å². The first-order chi connectivity index (χ1) is 19.6. The maximum absolute atomic E-state index is 13.2. The lowest BCUT2D eigenvalue weighted by Gasteiger charge is -2.25. The summed E-state index contributed by atoms with van der Waals surface area (Å²) in [6.45, 7) is 5.21. The molecule has 4 bridgehead atoms. The normalized spacial score (nSPS) is 19.7. The first kappa shape index (κ1) is 29.1. The van der Waals surface area contributed by atoms with E-state index in [9.17, 15) is 24.3 Å². The van der Waals surface area contributed by atoms with Gasteiger partial charge in [0.05, 0.1) is 5.56 Å².